The van der Waals surface area contributed by atoms with Crippen LogP contribution >= 0.6 is 11.3 Å². The van der Waals surface area contributed by atoms with Gasteiger partial charge in [-0.15, -0.1) is 11.3 Å². The summed E-state index contributed by atoms with van der Waals surface area (Å²) in [7, 11) is 0. The molecular formula is C13H16N2OS. The van der Waals surface area contributed by atoms with Crippen LogP contribution in [0, 0.1) is 0 Å². The zero-order valence-electron chi connectivity index (χ0n) is 9.76. The lowest BCUT2D eigenvalue weighted by atomic mass is 10.1. The summed E-state index contributed by atoms with van der Waals surface area (Å²) in [5.74, 6) is 0.499. The van der Waals surface area contributed by atoms with Crippen molar-refractivity contribution >= 4 is 17.2 Å². The molecule has 0 aliphatic heterocycles. The summed E-state index contributed by atoms with van der Waals surface area (Å²) in [5.41, 5.74) is 6.65. The molecule has 0 bridgehead atoms. The summed E-state index contributed by atoms with van der Waals surface area (Å²) >= 11 is 1.65. The van der Waals surface area contributed by atoms with Crippen LogP contribution in [-0.4, -0.2) is 10.1 Å². The van der Waals surface area contributed by atoms with E-state index >= 15 is 0 Å². The molecule has 0 aromatic carbocycles. The maximum Gasteiger partial charge on any atom is 0.126 e. The van der Waals surface area contributed by atoms with E-state index in [0.717, 1.165) is 16.9 Å². The number of pyridine rings is 1. The molecular weight excluding hydrogens is 232 g/mol. The van der Waals surface area contributed by atoms with Gasteiger partial charge in [-0.3, -0.25) is 0 Å². The maximum atomic E-state index is 10.1. The number of aliphatic hydroxyl groups excluding tert-OH is 1. The molecule has 2 aromatic heterocycles. The Bertz CT molecular complexity index is 496. The van der Waals surface area contributed by atoms with Crippen molar-refractivity contribution < 1.29 is 5.11 Å². The number of nitrogen functional groups attached to an aromatic ring is 1. The van der Waals surface area contributed by atoms with Gasteiger partial charge >= 0.3 is 0 Å². The Balaban J connectivity index is 2.11. The molecule has 0 aliphatic rings. The van der Waals surface area contributed by atoms with Crippen molar-refractivity contribution in [3.8, 4) is 0 Å². The summed E-state index contributed by atoms with van der Waals surface area (Å²) in [5, 5.41) is 10.1. The van der Waals surface area contributed by atoms with Gasteiger partial charge in [0.1, 0.15) is 5.82 Å². The molecule has 3 nitrogen and oxygen atoms in total. The second kappa shape index (κ2) is 5.29. The van der Waals surface area contributed by atoms with Gasteiger partial charge in [-0.25, -0.2) is 4.98 Å². The third-order valence-corrected chi connectivity index (χ3v) is 4.03. The highest BCUT2D eigenvalue weighted by molar-refractivity contribution is 7.12. The number of aromatic nitrogens is 1. The number of nitrogens with zero attached hydrogens (tertiary/aromatic N) is 1. The number of rotatable bonds is 4. The quantitative estimate of drug-likeness (QED) is 0.874. The SMILES string of the molecule is CCc1ccc(C(O)Cc2cccnc2N)s1. The van der Waals surface area contributed by atoms with E-state index in [1.54, 1.807) is 17.5 Å². The highest BCUT2D eigenvalue weighted by Crippen LogP contribution is 2.27. The zero-order valence-corrected chi connectivity index (χ0v) is 10.6. The summed E-state index contributed by atoms with van der Waals surface area (Å²) in [6.45, 7) is 2.11. The summed E-state index contributed by atoms with van der Waals surface area (Å²) in [6, 6.07) is 7.79. The van der Waals surface area contributed by atoms with E-state index in [9.17, 15) is 5.11 Å². The van der Waals surface area contributed by atoms with E-state index in [2.05, 4.69) is 18.0 Å². The molecule has 2 aromatic rings. The first-order valence-corrected chi connectivity index (χ1v) is 6.48. The Morgan fingerprint density at radius 2 is 2.24 bits per heavy atom. The summed E-state index contributed by atoms with van der Waals surface area (Å²) < 4.78 is 0. The second-order valence-electron chi connectivity index (χ2n) is 3.93. The average Bonchev–Trinajstić information content (AvgIpc) is 2.81. The fourth-order valence-electron chi connectivity index (χ4n) is 1.70. The van der Waals surface area contributed by atoms with E-state index in [4.69, 9.17) is 5.73 Å². The van der Waals surface area contributed by atoms with Crippen LogP contribution in [0.15, 0.2) is 30.5 Å². The third kappa shape index (κ3) is 2.84. The van der Waals surface area contributed by atoms with E-state index in [1.165, 1.54) is 4.88 Å². The van der Waals surface area contributed by atoms with E-state index < -0.39 is 6.10 Å². The van der Waals surface area contributed by atoms with Gasteiger partial charge in [-0.05, 0) is 30.2 Å². The predicted octanol–water partition coefficient (Wildman–Crippen LogP) is 2.56. The Hall–Kier alpha value is -1.39. The molecule has 3 N–H and O–H groups in total. The fourth-order valence-corrected chi connectivity index (χ4v) is 2.63. The molecule has 1 unspecified atom stereocenters. The molecule has 0 saturated heterocycles. The highest BCUT2D eigenvalue weighted by atomic mass is 32.1. The Labute approximate surface area is 105 Å². The molecule has 17 heavy (non-hydrogen) atoms. The smallest absolute Gasteiger partial charge is 0.126 e. The van der Waals surface area contributed by atoms with Crippen LogP contribution in [0.2, 0.25) is 0 Å². The average molecular weight is 248 g/mol. The van der Waals surface area contributed by atoms with Gasteiger partial charge in [-0.2, -0.15) is 0 Å². The Morgan fingerprint density at radius 1 is 1.41 bits per heavy atom. The van der Waals surface area contributed by atoms with Crippen LogP contribution in [0.4, 0.5) is 5.82 Å². The zero-order chi connectivity index (χ0) is 12.3. The normalized spacial score (nSPS) is 12.6. The fraction of sp³-hybridized carbons (Fsp3) is 0.308. The van der Waals surface area contributed by atoms with E-state index in [0.29, 0.717) is 12.2 Å². The second-order valence-corrected chi connectivity index (χ2v) is 5.13. The number of aliphatic hydroxyl groups is 1. The van der Waals surface area contributed by atoms with Crippen LogP contribution in [0.1, 0.15) is 28.3 Å². The first kappa shape index (κ1) is 12.1. The third-order valence-electron chi connectivity index (χ3n) is 2.70. The van der Waals surface area contributed by atoms with Crippen LogP contribution in [0.25, 0.3) is 0 Å². The maximum absolute atomic E-state index is 10.1. The molecule has 90 valence electrons. The minimum absolute atomic E-state index is 0.494. The van der Waals surface area contributed by atoms with E-state index in [-0.39, 0.29) is 0 Å². The van der Waals surface area contributed by atoms with Crippen molar-refractivity contribution in [3.05, 3.63) is 45.8 Å². The highest BCUT2D eigenvalue weighted by Gasteiger charge is 2.12. The molecule has 0 radical (unpaired) electrons. The standard InChI is InChI=1S/C13H16N2OS/c1-2-10-5-6-12(17-10)11(16)8-9-4-3-7-15-13(9)14/h3-7,11,16H,2,8H2,1H3,(H2,14,15). The van der Waals surface area contributed by atoms with Crippen molar-refractivity contribution in [3.63, 3.8) is 0 Å². The van der Waals surface area contributed by atoms with Crippen LogP contribution < -0.4 is 5.73 Å². The molecule has 0 aliphatic carbocycles. The number of thiophene rings is 1. The van der Waals surface area contributed by atoms with Crippen LogP contribution in [0.5, 0.6) is 0 Å². The van der Waals surface area contributed by atoms with Gasteiger partial charge in [0, 0.05) is 22.4 Å². The van der Waals surface area contributed by atoms with Crippen molar-refractivity contribution in [2.75, 3.05) is 5.73 Å². The largest absolute Gasteiger partial charge is 0.387 e. The van der Waals surface area contributed by atoms with Crippen molar-refractivity contribution in [2.45, 2.75) is 25.9 Å². The summed E-state index contributed by atoms with van der Waals surface area (Å²) in [4.78, 5) is 6.30. The molecule has 0 fully saturated rings. The molecule has 0 saturated carbocycles. The van der Waals surface area contributed by atoms with Crippen molar-refractivity contribution in [2.24, 2.45) is 0 Å². The van der Waals surface area contributed by atoms with Gasteiger partial charge in [0.2, 0.25) is 0 Å². The number of hydrogen-bond donors (Lipinski definition) is 2. The van der Waals surface area contributed by atoms with Gasteiger partial charge in [0.05, 0.1) is 6.10 Å². The first-order chi connectivity index (χ1) is 8.20. The Kier molecular flexibility index (Phi) is 3.76. The predicted molar refractivity (Wildman–Crippen MR) is 71.0 cm³/mol. The number of aryl methyl sites for hydroxylation is 1. The number of anilines is 1. The van der Waals surface area contributed by atoms with Crippen molar-refractivity contribution in [1.29, 1.82) is 0 Å². The lowest BCUT2D eigenvalue weighted by molar-refractivity contribution is 0.182. The number of nitrogens with two attached hydrogens (primary N) is 1. The lowest BCUT2D eigenvalue weighted by Crippen LogP contribution is -2.03. The van der Waals surface area contributed by atoms with Gasteiger partial charge < -0.3 is 10.8 Å². The molecule has 2 heterocycles. The van der Waals surface area contributed by atoms with Gasteiger partial charge in [-0.1, -0.05) is 13.0 Å². The topological polar surface area (TPSA) is 59.1 Å². The van der Waals surface area contributed by atoms with Crippen LogP contribution in [-0.2, 0) is 12.8 Å². The Morgan fingerprint density at radius 3 is 2.88 bits per heavy atom. The monoisotopic (exact) mass is 248 g/mol. The van der Waals surface area contributed by atoms with Gasteiger partial charge in [0.15, 0.2) is 0 Å². The molecule has 1 atom stereocenters. The summed E-state index contributed by atoms with van der Waals surface area (Å²) in [6.07, 6.45) is 2.69. The van der Waals surface area contributed by atoms with E-state index in [1.807, 2.05) is 18.2 Å². The first-order valence-electron chi connectivity index (χ1n) is 5.66. The molecule has 0 spiro atoms. The number of hydrogen-bond acceptors (Lipinski definition) is 4. The minimum Gasteiger partial charge on any atom is -0.387 e. The lowest BCUT2D eigenvalue weighted by Gasteiger charge is -2.09. The molecule has 4 heteroatoms. The molecule has 2 rings (SSSR count). The van der Waals surface area contributed by atoms with Crippen LogP contribution in [0.3, 0.4) is 0 Å². The molecule has 0 amide bonds. The van der Waals surface area contributed by atoms with Crippen molar-refractivity contribution in [1.82, 2.24) is 4.98 Å². The van der Waals surface area contributed by atoms with Gasteiger partial charge in [0.25, 0.3) is 0 Å². The minimum atomic E-state index is -0.494.